The number of hydrogen-bond donors (Lipinski definition) is 1. The molecule has 2 aromatic rings. The molecule has 2 rings (SSSR count). The van der Waals surface area contributed by atoms with Crippen LogP contribution in [0.4, 0.5) is 0 Å². The van der Waals surface area contributed by atoms with E-state index in [1.54, 1.807) is 30.3 Å². The fourth-order valence-corrected chi connectivity index (χ4v) is 3.45. The highest BCUT2D eigenvalue weighted by Gasteiger charge is 2.22. The normalized spacial score (nSPS) is 11.6. The fraction of sp³-hybridized carbons (Fsp3) is 0.263. The van der Waals surface area contributed by atoms with Crippen LogP contribution >= 0.6 is 0 Å². The summed E-state index contributed by atoms with van der Waals surface area (Å²) < 4.78 is 36.3. The maximum Gasteiger partial charge on any atom is 0.255 e. The summed E-state index contributed by atoms with van der Waals surface area (Å²) in [6, 6.07) is 11.6. The number of methoxy groups -OCH3 is 2. The average molecular weight is 405 g/mol. The number of hydrogen-bond acceptors (Lipinski definition) is 6. The fourth-order valence-electron chi connectivity index (χ4n) is 2.32. The highest BCUT2D eigenvalue weighted by Crippen LogP contribution is 2.26. The predicted octanol–water partition coefficient (Wildman–Crippen LogP) is 1.78. The first-order valence-corrected chi connectivity index (χ1v) is 9.79. The van der Waals surface area contributed by atoms with Crippen molar-refractivity contribution in [2.24, 2.45) is 5.10 Å². The van der Waals surface area contributed by atoms with Gasteiger partial charge in [0.15, 0.2) is 11.5 Å². The summed E-state index contributed by atoms with van der Waals surface area (Å²) in [6.45, 7) is 1.50. The zero-order valence-corrected chi connectivity index (χ0v) is 17.0. The van der Waals surface area contributed by atoms with Crippen molar-refractivity contribution >= 4 is 22.1 Å². The summed E-state index contributed by atoms with van der Waals surface area (Å²) >= 11 is 0. The minimum atomic E-state index is -3.75. The molecule has 0 aliphatic rings. The molecular formula is C19H23N3O5S. The van der Waals surface area contributed by atoms with Gasteiger partial charge in [-0.05, 0) is 42.8 Å². The molecule has 8 nitrogen and oxygen atoms in total. The molecule has 0 aliphatic carbocycles. The predicted molar refractivity (Wildman–Crippen MR) is 106 cm³/mol. The van der Waals surface area contributed by atoms with E-state index in [1.165, 1.54) is 39.6 Å². The lowest BCUT2D eigenvalue weighted by Gasteiger charge is -2.16. The van der Waals surface area contributed by atoms with Crippen molar-refractivity contribution in [2.75, 3.05) is 27.8 Å². The van der Waals surface area contributed by atoms with E-state index in [4.69, 9.17) is 9.47 Å². The SMILES string of the molecule is COc1ccc(/C=N\NC(=O)CN(C)S(=O)(=O)c2ccc(C)cc2)cc1OC. The summed E-state index contributed by atoms with van der Waals surface area (Å²) in [4.78, 5) is 12.2. The highest BCUT2D eigenvalue weighted by atomic mass is 32.2. The Balaban J connectivity index is 1.98. The average Bonchev–Trinajstić information content (AvgIpc) is 2.68. The lowest BCUT2D eigenvalue weighted by molar-refractivity contribution is -0.121. The van der Waals surface area contributed by atoms with Crippen LogP contribution < -0.4 is 14.9 Å². The molecule has 150 valence electrons. The van der Waals surface area contributed by atoms with Crippen LogP contribution in [0.3, 0.4) is 0 Å². The molecule has 9 heteroatoms. The van der Waals surface area contributed by atoms with Gasteiger partial charge in [0.2, 0.25) is 10.0 Å². The number of hydrazone groups is 1. The molecule has 0 heterocycles. The standard InChI is InChI=1S/C19H23N3O5S/c1-14-5-8-16(9-6-14)28(24,25)22(2)13-19(23)21-20-12-15-7-10-17(26-3)18(11-15)27-4/h5-12H,13H2,1-4H3,(H,21,23)/b20-12-. The Hall–Kier alpha value is -2.91. The lowest BCUT2D eigenvalue weighted by atomic mass is 10.2. The summed E-state index contributed by atoms with van der Waals surface area (Å²) in [5.41, 5.74) is 3.94. The number of carbonyl (C=O) groups excluding carboxylic acids is 1. The van der Waals surface area contributed by atoms with Crippen LogP contribution in [0.5, 0.6) is 11.5 Å². The molecule has 28 heavy (non-hydrogen) atoms. The monoisotopic (exact) mass is 405 g/mol. The van der Waals surface area contributed by atoms with Gasteiger partial charge in [0.25, 0.3) is 5.91 Å². The van der Waals surface area contributed by atoms with Crippen molar-refractivity contribution in [3.8, 4) is 11.5 Å². The quantitative estimate of drug-likeness (QED) is 0.533. The minimum Gasteiger partial charge on any atom is -0.493 e. The van der Waals surface area contributed by atoms with Crippen molar-refractivity contribution in [3.05, 3.63) is 53.6 Å². The van der Waals surface area contributed by atoms with Crippen molar-refractivity contribution in [3.63, 3.8) is 0 Å². The molecule has 0 unspecified atom stereocenters. The Morgan fingerprint density at radius 1 is 1.11 bits per heavy atom. The third-order valence-corrected chi connectivity index (χ3v) is 5.72. The third kappa shape index (κ3) is 5.30. The summed E-state index contributed by atoms with van der Waals surface area (Å²) in [5.74, 6) is 0.545. The topological polar surface area (TPSA) is 97.3 Å². The van der Waals surface area contributed by atoms with E-state index in [-0.39, 0.29) is 11.4 Å². The first kappa shape index (κ1) is 21.4. The molecule has 1 amide bonds. The van der Waals surface area contributed by atoms with Gasteiger partial charge >= 0.3 is 0 Å². The van der Waals surface area contributed by atoms with Gasteiger partial charge in [-0.2, -0.15) is 9.41 Å². The Morgan fingerprint density at radius 3 is 2.36 bits per heavy atom. The number of likely N-dealkylation sites (N-methyl/N-ethyl adjacent to an activating group) is 1. The second-order valence-corrected chi connectivity index (χ2v) is 8.03. The Bertz CT molecular complexity index is 956. The number of rotatable bonds is 8. The van der Waals surface area contributed by atoms with E-state index >= 15 is 0 Å². The number of amides is 1. The maximum atomic E-state index is 12.5. The molecule has 0 saturated heterocycles. The second kappa shape index (κ2) is 9.34. The third-order valence-electron chi connectivity index (χ3n) is 3.91. The van der Waals surface area contributed by atoms with E-state index in [0.717, 1.165) is 9.87 Å². The second-order valence-electron chi connectivity index (χ2n) is 5.98. The number of benzene rings is 2. The van der Waals surface area contributed by atoms with Gasteiger partial charge in [-0.3, -0.25) is 4.79 Å². The number of nitrogens with zero attached hydrogens (tertiary/aromatic N) is 2. The van der Waals surface area contributed by atoms with Crippen molar-refractivity contribution in [1.29, 1.82) is 0 Å². The largest absolute Gasteiger partial charge is 0.493 e. The van der Waals surface area contributed by atoms with E-state index in [1.807, 2.05) is 6.92 Å². The zero-order valence-electron chi connectivity index (χ0n) is 16.2. The molecule has 1 N–H and O–H groups in total. The van der Waals surface area contributed by atoms with Crippen molar-refractivity contribution in [2.45, 2.75) is 11.8 Å². The molecule has 0 aromatic heterocycles. The molecule has 2 aromatic carbocycles. The molecule has 0 spiro atoms. The smallest absolute Gasteiger partial charge is 0.255 e. The summed E-state index contributed by atoms with van der Waals surface area (Å²) in [5, 5.41) is 3.85. The van der Waals surface area contributed by atoms with Crippen molar-refractivity contribution in [1.82, 2.24) is 9.73 Å². The number of nitrogens with one attached hydrogen (secondary N) is 1. The molecule has 0 fully saturated rings. The molecule has 0 radical (unpaired) electrons. The summed E-state index contributed by atoms with van der Waals surface area (Å²) in [6.07, 6.45) is 1.42. The van der Waals surface area contributed by atoms with Gasteiger partial charge < -0.3 is 9.47 Å². The minimum absolute atomic E-state index is 0.127. The van der Waals surface area contributed by atoms with Crippen LogP contribution in [0, 0.1) is 6.92 Å². The first-order valence-electron chi connectivity index (χ1n) is 8.35. The van der Waals surface area contributed by atoms with E-state index in [9.17, 15) is 13.2 Å². The molecular weight excluding hydrogens is 382 g/mol. The number of aryl methyl sites for hydroxylation is 1. The Kier molecular flexibility index (Phi) is 7.13. The van der Waals surface area contributed by atoms with Gasteiger partial charge in [-0.15, -0.1) is 0 Å². The van der Waals surface area contributed by atoms with Crippen LogP contribution in [-0.2, 0) is 14.8 Å². The van der Waals surface area contributed by atoms with Crippen molar-refractivity contribution < 1.29 is 22.7 Å². The van der Waals surface area contributed by atoms with E-state index in [0.29, 0.717) is 17.1 Å². The van der Waals surface area contributed by atoms with Gasteiger partial charge in [0.1, 0.15) is 0 Å². The van der Waals surface area contributed by atoms with Gasteiger partial charge in [-0.25, -0.2) is 13.8 Å². The van der Waals surface area contributed by atoms with E-state index < -0.39 is 15.9 Å². The maximum absolute atomic E-state index is 12.5. The van der Waals surface area contributed by atoms with Crippen LogP contribution in [-0.4, -0.2) is 52.7 Å². The highest BCUT2D eigenvalue weighted by molar-refractivity contribution is 7.89. The molecule has 0 saturated carbocycles. The zero-order chi connectivity index (χ0) is 20.7. The summed E-state index contributed by atoms with van der Waals surface area (Å²) in [7, 11) is 0.639. The van der Waals surface area contributed by atoms with Crippen LogP contribution in [0.2, 0.25) is 0 Å². The number of carbonyl (C=O) groups is 1. The van der Waals surface area contributed by atoms with Crippen LogP contribution in [0.25, 0.3) is 0 Å². The van der Waals surface area contributed by atoms with Crippen LogP contribution in [0.15, 0.2) is 52.5 Å². The Labute approximate surface area is 164 Å². The first-order chi connectivity index (χ1) is 13.3. The van der Waals surface area contributed by atoms with Crippen LogP contribution in [0.1, 0.15) is 11.1 Å². The number of sulfonamides is 1. The molecule has 0 bridgehead atoms. The molecule has 0 aliphatic heterocycles. The van der Waals surface area contributed by atoms with Gasteiger partial charge in [0.05, 0.1) is 31.9 Å². The number of ether oxygens (including phenoxy) is 2. The Morgan fingerprint density at radius 2 is 1.75 bits per heavy atom. The molecule has 0 atom stereocenters. The van der Waals surface area contributed by atoms with Gasteiger partial charge in [0, 0.05) is 7.05 Å². The van der Waals surface area contributed by atoms with Gasteiger partial charge in [-0.1, -0.05) is 17.7 Å². The lowest BCUT2D eigenvalue weighted by Crippen LogP contribution is -2.36. The van der Waals surface area contributed by atoms with E-state index in [2.05, 4.69) is 10.5 Å².